The summed E-state index contributed by atoms with van der Waals surface area (Å²) in [5, 5.41) is 8.65. The lowest BCUT2D eigenvalue weighted by molar-refractivity contribution is -0.143. The summed E-state index contributed by atoms with van der Waals surface area (Å²) in [6.07, 6.45) is -4.01. The first-order valence-corrected chi connectivity index (χ1v) is 10.8. The normalized spacial score (nSPS) is 16.6. The number of hydrogen-bond donors (Lipinski definition) is 0. The van der Waals surface area contributed by atoms with E-state index >= 15 is 0 Å². The van der Waals surface area contributed by atoms with Gasteiger partial charge in [-0.2, -0.15) is 23.4 Å². The number of aryl methyl sites for hydroxylation is 2. The van der Waals surface area contributed by atoms with E-state index in [2.05, 4.69) is 15.2 Å². The topological polar surface area (TPSA) is 68.8 Å². The smallest absolute Gasteiger partial charge is 0.330 e. The average Bonchev–Trinajstić information content (AvgIpc) is 3.43. The second-order valence-corrected chi connectivity index (χ2v) is 8.72. The number of halogens is 3. The van der Waals surface area contributed by atoms with Crippen LogP contribution in [0.3, 0.4) is 0 Å². The highest BCUT2D eigenvalue weighted by Crippen LogP contribution is 2.38. The Bertz CT molecular complexity index is 1350. The van der Waals surface area contributed by atoms with Crippen molar-refractivity contribution in [2.24, 2.45) is 14.1 Å². The van der Waals surface area contributed by atoms with Crippen molar-refractivity contribution < 1.29 is 18.0 Å². The Balaban J connectivity index is 1.49. The Hall–Kier alpha value is -3.21. The number of hydrogen-bond acceptors (Lipinski definition) is 5. The van der Waals surface area contributed by atoms with E-state index in [9.17, 15) is 18.0 Å². The zero-order valence-corrected chi connectivity index (χ0v) is 18.3. The van der Waals surface area contributed by atoms with Crippen LogP contribution in [0.5, 0.6) is 0 Å². The Kier molecular flexibility index (Phi) is 4.63. The second-order valence-electron chi connectivity index (χ2n) is 7.83. The standard InChI is InChI=1S/C21H19F3N6OS/c1-11-18-13(19(29(3)27-18)15-9-17(21(22,23)24)28(2)26-15)6-7-30(11)20(31)12-4-5-14-16(8-12)32-10-25-14/h4-5,8-11H,6-7H2,1-3H3. The van der Waals surface area contributed by atoms with Crippen LogP contribution in [0, 0.1) is 0 Å². The summed E-state index contributed by atoms with van der Waals surface area (Å²) < 4.78 is 43.1. The molecule has 0 aliphatic carbocycles. The third-order valence-corrected chi connectivity index (χ3v) is 6.69. The van der Waals surface area contributed by atoms with Crippen LogP contribution >= 0.6 is 11.3 Å². The number of rotatable bonds is 2. The van der Waals surface area contributed by atoms with Gasteiger partial charge < -0.3 is 4.90 Å². The fourth-order valence-electron chi connectivity index (χ4n) is 4.34. The molecule has 0 radical (unpaired) electrons. The van der Waals surface area contributed by atoms with E-state index in [1.165, 1.54) is 18.4 Å². The van der Waals surface area contributed by atoms with E-state index in [4.69, 9.17) is 0 Å². The monoisotopic (exact) mass is 460 g/mol. The summed E-state index contributed by atoms with van der Waals surface area (Å²) in [6.45, 7) is 2.32. The summed E-state index contributed by atoms with van der Waals surface area (Å²) in [6, 6.07) is 6.16. The number of carbonyl (C=O) groups excluding carboxylic acids is 1. The van der Waals surface area contributed by atoms with E-state index < -0.39 is 11.9 Å². The third-order valence-electron chi connectivity index (χ3n) is 5.89. The predicted molar refractivity (Wildman–Crippen MR) is 113 cm³/mol. The minimum absolute atomic E-state index is 0.108. The fraction of sp³-hybridized carbons (Fsp3) is 0.333. The molecule has 4 aromatic rings. The Morgan fingerprint density at radius 2 is 1.94 bits per heavy atom. The molecule has 0 spiro atoms. The maximum absolute atomic E-state index is 13.3. The van der Waals surface area contributed by atoms with E-state index in [1.54, 1.807) is 28.2 Å². The van der Waals surface area contributed by atoms with Gasteiger partial charge in [0, 0.05) is 31.8 Å². The number of amides is 1. The molecule has 32 heavy (non-hydrogen) atoms. The number of carbonyl (C=O) groups is 1. The van der Waals surface area contributed by atoms with Gasteiger partial charge in [0.15, 0.2) is 0 Å². The summed E-state index contributed by atoms with van der Waals surface area (Å²) in [7, 11) is 2.96. The minimum atomic E-state index is -4.49. The van der Waals surface area contributed by atoms with Crippen molar-refractivity contribution in [3.8, 4) is 11.4 Å². The molecule has 1 unspecified atom stereocenters. The molecule has 0 saturated carbocycles. The summed E-state index contributed by atoms with van der Waals surface area (Å²) >= 11 is 1.48. The van der Waals surface area contributed by atoms with Crippen molar-refractivity contribution in [2.75, 3.05) is 6.54 Å². The second kappa shape index (κ2) is 7.16. The molecule has 1 aliphatic rings. The van der Waals surface area contributed by atoms with Gasteiger partial charge >= 0.3 is 6.18 Å². The van der Waals surface area contributed by atoms with Gasteiger partial charge in [0.1, 0.15) is 11.4 Å². The van der Waals surface area contributed by atoms with Gasteiger partial charge in [-0.25, -0.2) is 4.98 Å². The van der Waals surface area contributed by atoms with Crippen LogP contribution in [0.2, 0.25) is 0 Å². The van der Waals surface area contributed by atoms with Gasteiger partial charge in [0.2, 0.25) is 0 Å². The molecule has 4 heterocycles. The van der Waals surface area contributed by atoms with Crippen LogP contribution in [-0.2, 0) is 26.7 Å². The molecule has 11 heteroatoms. The zero-order chi connectivity index (χ0) is 22.8. The highest BCUT2D eigenvalue weighted by Gasteiger charge is 2.37. The van der Waals surface area contributed by atoms with Crippen LogP contribution in [0.1, 0.15) is 40.3 Å². The van der Waals surface area contributed by atoms with Crippen LogP contribution < -0.4 is 0 Å². The SMILES string of the molecule is CC1c2nn(C)c(-c3cc(C(F)(F)F)n(C)n3)c2CCN1C(=O)c1ccc2ncsc2c1. The Labute approximate surface area is 185 Å². The highest BCUT2D eigenvalue weighted by atomic mass is 32.1. The number of alkyl halides is 3. The van der Waals surface area contributed by atoms with Crippen molar-refractivity contribution in [3.05, 3.63) is 52.3 Å². The molecule has 0 saturated heterocycles. The van der Waals surface area contributed by atoms with Crippen LogP contribution in [0.15, 0.2) is 29.8 Å². The minimum Gasteiger partial charge on any atom is -0.330 e. The number of fused-ring (bicyclic) bond motifs is 2. The molecule has 166 valence electrons. The molecule has 7 nitrogen and oxygen atoms in total. The average molecular weight is 460 g/mol. The van der Waals surface area contributed by atoms with E-state index in [0.29, 0.717) is 29.9 Å². The van der Waals surface area contributed by atoms with Gasteiger partial charge in [0.05, 0.1) is 33.2 Å². The first-order valence-electron chi connectivity index (χ1n) is 9.96. The molecular formula is C21H19F3N6OS. The van der Waals surface area contributed by atoms with Gasteiger partial charge in [-0.05, 0) is 37.6 Å². The molecule has 0 N–H and O–H groups in total. The van der Waals surface area contributed by atoms with E-state index in [0.717, 1.165) is 26.5 Å². The Morgan fingerprint density at radius 3 is 2.66 bits per heavy atom. The zero-order valence-electron chi connectivity index (χ0n) is 17.5. The van der Waals surface area contributed by atoms with Crippen molar-refractivity contribution in [2.45, 2.75) is 25.6 Å². The van der Waals surface area contributed by atoms with Gasteiger partial charge in [-0.1, -0.05) is 0 Å². The van der Waals surface area contributed by atoms with Gasteiger partial charge in [0.25, 0.3) is 5.91 Å². The first-order chi connectivity index (χ1) is 15.1. The van der Waals surface area contributed by atoms with Crippen molar-refractivity contribution in [1.29, 1.82) is 0 Å². The predicted octanol–water partition coefficient (Wildman–Crippen LogP) is 4.21. The highest BCUT2D eigenvalue weighted by molar-refractivity contribution is 7.16. The summed E-state index contributed by atoms with van der Waals surface area (Å²) in [5.41, 5.74) is 4.63. The van der Waals surface area contributed by atoms with E-state index in [1.807, 2.05) is 19.1 Å². The van der Waals surface area contributed by atoms with Crippen LogP contribution in [0.4, 0.5) is 13.2 Å². The molecule has 1 atom stereocenters. The lowest BCUT2D eigenvalue weighted by Gasteiger charge is -2.33. The van der Waals surface area contributed by atoms with Gasteiger partial charge in [-0.3, -0.25) is 14.2 Å². The van der Waals surface area contributed by atoms with Crippen molar-refractivity contribution in [3.63, 3.8) is 0 Å². The number of aromatic nitrogens is 5. The maximum Gasteiger partial charge on any atom is 0.433 e. The molecule has 1 aromatic carbocycles. The van der Waals surface area contributed by atoms with Crippen LogP contribution in [-0.4, -0.2) is 41.9 Å². The van der Waals surface area contributed by atoms with E-state index in [-0.39, 0.29) is 17.6 Å². The quantitative estimate of drug-likeness (QED) is 0.450. The van der Waals surface area contributed by atoms with Gasteiger partial charge in [-0.15, -0.1) is 11.3 Å². The molecule has 1 amide bonds. The first kappa shape index (κ1) is 20.7. The van der Waals surface area contributed by atoms with Crippen LogP contribution in [0.25, 0.3) is 21.6 Å². The Morgan fingerprint density at radius 1 is 1.16 bits per heavy atom. The molecule has 0 fully saturated rings. The molecule has 1 aliphatic heterocycles. The molecular weight excluding hydrogens is 441 g/mol. The lowest BCUT2D eigenvalue weighted by atomic mass is 9.96. The van der Waals surface area contributed by atoms with Crippen molar-refractivity contribution >= 4 is 27.5 Å². The number of thiazole rings is 1. The largest absolute Gasteiger partial charge is 0.433 e. The maximum atomic E-state index is 13.3. The van der Waals surface area contributed by atoms with Crippen molar-refractivity contribution in [1.82, 2.24) is 29.4 Å². The summed E-state index contributed by atoms with van der Waals surface area (Å²) in [5.74, 6) is -0.108. The third kappa shape index (κ3) is 3.19. The molecule has 3 aromatic heterocycles. The number of nitrogens with zero attached hydrogens (tertiary/aromatic N) is 6. The summed E-state index contributed by atoms with van der Waals surface area (Å²) in [4.78, 5) is 19.2. The lowest BCUT2D eigenvalue weighted by Crippen LogP contribution is -2.38. The molecule has 5 rings (SSSR count). The fourth-order valence-corrected chi connectivity index (χ4v) is 5.06. The number of benzene rings is 1. The molecule has 0 bridgehead atoms.